The van der Waals surface area contributed by atoms with Gasteiger partial charge in [0.1, 0.15) is 0 Å². The molecule has 3 heteroatoms. The van der Waals surface area contributed by atoms with E-state index in [2.05, 4.69) is 22.0 Å². The molecule has 0 aliphatic carbocycles. The van der Waals surface area contributed by atoms with Crippen LogP contribution in [0.2, 0.25) is 0 Å². The van der Waals surface area contributed by atoms with Gasteiger partial charge in [0.15, 0.2) is 0 Å². The molecular weight excluding hydrogens is 216 g/mol. The topological polar surface area (TPSA) is 52.0 Å². The first-order chi connectivity index (χ1) is 5.65. The molecule has 1 rings (SSSR count). The van der Waals surface area contributed by atoms with E-state index in [1.165, 1.54) is 5.56 Å². The van der Waals surface area contributed by atoms with Crippen LogP contribution >= 0.6 is 15.9 Å². The molecule has 0 spiro atoms. The van der Waals surface area contributed by atoms with Gasteiger partial charge in [-0.2, -0.15) is 0 Å². The number of hydrogen-bond acceptors (Lipinski definition) is 2. The highest BCUT2D eigenvalue weighted by atomic mass is 79.9. The zero-order valence-electron chi connectivity index (χ0n) is 7.05. The van der Waals surface area contributed by atoms with Gasteiger partial charge < -0.3 is 11.5 Å². The lowest BCUT2D eigenvalue weighted by molar-refractivity contribution is 0.736. The largest absolute Gasteiger partial charge is 0.329 e. The minimum Gasteiger partial charge on any atom is -0.329 e. The van der Waals surface area contributed by atoms with E-state index in [0.717, 1.165) is 10.0 Å². The van der Waals surface area contributed by atoms with Crippen LogP contribution in [0.4, 0.5) is 0 Å². The number of rotatable bonds is 2. The maximum absolute atomic E-state index is 5.77. The summed E-state index contributed by atoms with van der Waals surface area (Å²) in [4.78, 5) is 0. The molecule has 0 amide bonds. The predicted octanol–water partition coefficient (Wildman–Crippen LogP) is 1.72. The molecule has 4 N–H and O–H groups in total. The van der Waals surface area contributed by atoms with Crippen molar-refractivity contribution in [3.05, 3.63) is 33.8 Å². The van der Waals surface area contributed by atoms with Gasteiger partial charge in [0.25, 0.3) is 0 Å². The van der Waals surface area contributed by atoms with Gasteiger partial charge in [-0.25, -0.2) is 0 Å². The average Bonchev–Trinajstić information content (AvgIpc) is 2.08. The van der Waals surface area contributed by atoms with E-state index in [1.54, 1.807) is 0 Å². The summed E-state index contributed by atoms with van der Waals surface area (Å²) in [5.41, 5.74) is 13.5. The normalized spacial score (nSPS) is 13.0. The van der Waals surface area contributed by atoms with E-state index in [9.17, 15) is 0 Å². The van der Waals surface area contributed by atoms with E-state index in [1.807, 2.05) is 19.1 Å². The monoisotopic (exact) mass is 228 g/mol. The Kier molecular flexibility index (Phi) is 3.26. The van der Waals surface area contributed by atoms with Gasteiger partial charge in [0, 0.05) is 17.1 Å². The Bertz CT molecular complexity index is 273. The fourth-order valence-corrected chi connectivity index (χ4v) is 1.28. The standard InChI is InChI=1S/C9H13BrN2/c1-6-4-7(9(12)5-11)2-3-8(6)10/h2-4,9H,5,11-12H2,1H3/t9-/m0/s1. The number of halogens is 1. The molecule has 0 radical (unpaired) electrons. The smallest absolute Gasteiger partial charge is 0.0419 e. The Labute approximate surface area is 81.1 Å². The second-order valence-electron chi connectivity index (χ2n) is 2.85. The van der Waals surface area contributed by atoms with E-state index in [4.69, 9.17) is 11.5 Å². The van der Waals surface area contributed by atoms with Crippen LogP contribution in [0.1, 0.15) is 17.2 Å². The maximum Gasteiger partial charge on any atom is 0.0419 e. The molecule has 0 bridgehead atoms. The lowest BCUT2D eigenvalue weighted by atomic mass is 10.1. The second-order valence-corrected chi connectivity index (χ2v) is 3.71. The number of benzene rings is 1. The van der Waals surface area contributed by atoms with Crippen molar-refractivity contribution in [3.63, 3.8) is 0 Å². The lowest BCUT2D eigenvalue weighted by Crippen LogP contribution is -2.20. The Balaban J connectivity index is 2.96. The van der Waals surface area contributed by atoms with Gasteiger partial charge >= 0.3 is 0 Å². The van der Waals surface area contributed by atoms with Gasteiger partial charge in [-0.05, 0) is 24.1 Å². The minimum absolute atomic E-state index is 0.0446. The third kappa shape index (κ3) is 2.06. The third-order valence-corrected chi connectivity index (χ3v) is 2.75. The molecule has 0 aliphatic heterocycles. The number of aryl methyl sites for hydroxylation is 1. The van der Waals surface area contributed by atoms with Crippen molar-refractivity contribution in [1.82, 2.24) is 0 Å². The fraction of sp³-hybridized carbons (Fsp3) is 0.333. The summed E-state index contributed by atoms with van der Waals surface area (Å²) in [5, 5.41) is 0. The van der Waals surface area contributed by atoms with E-state index in [0.29, 0.717) is 6.54 Å². The Morgan fingerprint density at radius 2 is 2.17 bits per heavy atom. The molecule has 1 atom stereocenters. The summed E-state index contributed by atoms with van der Waals surface area (Å²) in [6.07, 6.45) is 0. The SMILES string of the molecule is Cc1cc([C@@H](N)CN)ccc1Br. The molecule has 66 valence electrons. The quantitative estimate of drug-likeness (QED) is 0.811. The molecule has 1 aromatic carbocycles. The molecule has 0 unspecified atom stereocenters. The maximum atomic E-state index is 5.77. The van der Waals surface area contributed by atoms with Crippen LogP contribution in [0.3, 0.4) is 0 Å². The predicted molar refractivity (Wildman–Crippen MR) is 54.9 cm³/mol. The van der Waals surface area contributed by atoms with Crippen molar-refractivity contribution < 1.29 is 0 Å². The Morgan fingerprint density at radius 3 is 2.67 bits per heavy atom. The third-order valence-electron chi connectivity index (χ3n) is 1.86. The molecule has 12 heavy (non-hydrogen) atoms. The van der Waals surface area contributed by atoms with Crippen LogP contribution in [-0.2, 0) is 0 Å². The van der Waals surface area contributed by atoms with Crippen LogP contribution < -0.4 is 11.5 Å². The summed E-state index contributed by atoms with van der Waals surface area (Å²) >= 11 is 3.43. The summed E-state index contributed by atoms with van der Waals surface area (Å²) in [6, 6.07) is 6.01. The first kappa shape index (κ1) is 9.71. The van der Waals surface area contributed by atoms with Crippen molar-refractivity contribution in [1.29, 1.82) is 0 Å². The zero-order chi connectivity index (χ0) is 9.14. The molecular formula is C9H13BrN2. The van der Waals surface area contributed by atoms with Crippen LogP contribution in [0.25, 0.3) is 0 Å². The molecule has 2 nitrogen and oxygen atoms in total. The molecule has 0 aliphatic rings. The minimum atomic E-state index is -0.0446. The summed E-state index contributed by atoms with van der Waals surface area (Å²) in [6.45, 7) is 2.53. The second kappa shape index (κ2) is 4.03. The summed E-state index contributed by atoms with van der Waals surface area (Å²) in [7, 11) is 0. The van der Waals surface area contributed by atoms with Gasteiger partial charge in [0.05, 0.1) is 0 Å². The van der Waals surface area contributed by atoms with Crippen molar-refractivity contribution in [2.45, 2.75) is 13.0 Å². The first-order valence-electron chi connectivity index (χ1n) is 3.87. The van der Waals surface area contributed by atoms with E-state index < -0.39 is 0 Å². The first-order valence-corrected chi connectivity index (χ1v) is 4.66. The molecule has 1 aromatic rings. The Hall–Kier alpha value is -0.380. The van der Waals surface area contributed by atoms with E-state index in [-0.39, 0.29) is 6.04 Å². The van der Waals surface area contributed by atoms with Crippen LogP contribution in [-0.4, -0.2) is 6.54 Å². The van der Waals surface area contributed by atoms with Crippen LogP contribution in [0.15, 0.2) is 22.7 Å². The molecule has 0 saturated carbocycles. The highest BCUT2D eigenvalue weighted by molar-refractivity contribution is 9.10. The van der Waals surface area contributed by atoms with Gasteiger partial charge in [-0.15, -0.1) is 0 Å². The van der Waals surface area contributed by atoms with Gasteiger partial charge in [0.2, 0.25) is 0 Å². The van der Waals surface area contributed by atoms with Crippen LogP contribution in [0.5, 0.6) is 0 Å². The lowest BCUT2D eigenvalue weighted by Gasteiger charge is -2.10. The van der Waals surface area contributed by atoms with Crippen molar-refractivity contribution in [2.75, 3.05) is 6.54 Å². The van der Waals surface area contributed by atoms with Crippen molar-refractivity contribution in [2.24, 2.45) is 11.5 Å². The Morgan fingerprint density at radius 1 is 1.50 bits per heavy atom. The highest BCUT2D eigenvalue weighted by Gasteiger charge is 2.03. The molecule has 0 fully saturated rings. The van der Waals surface area contributed by atoms with Crippen LogP contribution in [0, 0.1) is 6.92 Å². The van der Waals surface area contributed by atoms with Gasteiger partial charge in [-0.1, -0.05) is 28.1 Å². The zero-order valence-corrected chi connectivity index (χ0v) is 8.64. The average molecular weight is 229 g/mol. The number of hydrogen-bond donors (Lipinski definition) is 2. The molecule has 0 saturated heterocycles. The highest BCUT2D eigenvalue weighted by Crippen LogP contribution is 2.19. The molecule has 0 heterocycles. The van der Waals surface area contributed by atoms with Crippen molar-refractivity contribution >= 4 is 15.9 Å². The van der Waals surface area contributed by atoms with Gasteiger partial charge in [-0.3, -0.25) is 0 Å². The summed E-state index contributed by atoms with van der Waals surface area (Å²) < 4.78 is 1.11. The summed E-state index contributed by atoms with van der Waals surface area (Å²) in [5.74, 6) is 0. The van der Waals surface area contributed by atoms with Crippen molar-refractivity contribution in [3.8, 4) is 0 Å². The fourth-order valence-electron chi connectivity index (χ4n) is 1.03. The molecule has 0 aromatic heterocycles. The number of nitrogens with two attached hydrogens (primary N) is 2. The van der Waals surface area contributed by atoms with E-state index >= 15 is 0 Å².